The zero-order valence-corrected chi connectivity index (χ0v) is 7.40. The summed E-state index contributed by atoms with van der Waals surface area (Å²) in [7, 11) is 0. The highest BCUT2D eigenvalue weighted by atomic mass is 35.5. The van der Waals surface area contributed by atoms with Crippen LogP contribution in [-0.2, 0) is 6.42 Å². The lowest BCUT2D eigenvalue weighted by atomic mass is 10.1. The first-order valence-corrected chi connectivity index (χ1v) is 4.19. The smallest absolute Gasteiger partial charge is 0.203 e. The minimum Gasteiger partial charge on any atom is -0.366 e. The van der Waals surface area contributed by atoms with Crippen LogP contribution in [0.2, 0.25) is 5.02 Å². The second kappa shape index (κ2) is 4.28. The van der Waals surface area contributed by atoms with E-state index in [1.807, 2.05) is 0 Å². The van der Waals surface area contributed by atoms with Gasteiger partial charge in [0.1, 0.15) is 5.02 Å². The van der Waals surface area contributed by atoms with Crippen molar-refractivity contribution in [2.45, 2.75) is 12.8 Å². The summed E-state index contributed by atoms with van der Waals surface area (Å²) in [5.41, 5.74) is 5.93. The third-order valence-corrected chi connectivity index (χ3v) is 1.91. The average molecular weight is 187 g/mol. The number of H-pyrrole nitrogens is 1. The summed E-state index contributed by atoms with van der Waals surface area (Å²) in [6, 6.07) is 0. The maximum Gasteiger partial charge on any atom is 0.203 e. The fraction of sp³-hybridized carbons (Fsp3) is 0.375. The van der Waals surface area contributed by atoms with Crippen molar-refractivity contribution >= 4 is 11.6 Å². The topological polar surface area (TPSA) is 58.9 Å². The lowest BCUT2D eigenvalue weighted by Crippen LogP contribution is -2.11. The van der Waals surface area contributed by atoms with Crippen LogP contribution in [0, 0.1) is 0 Å². The molecule has 1 aromatic heterocycles. The van der Waals surface area contributed by atoms with Gasteiger partial charge < -0.3 is 10.7 Å². The Labute approximate surface area is 75.6 Å². The first-order valence-electron chi connectivity index (χ1n) is 3.81. The predicted octanol–water partition coefficient (Wildman–Crippen LogP) is 0.920. The monoisotopic (exact) mass is 186 g/mol. The van der Waals surface area contributed by atoms with Crippen molar-refractivity contribution in [3.63, 3.8) is 0 Å². The zero-order valence-electron chi connectivity index (χ0n) is 6.64. The van der Waals surface area contributed by atoms with E-state index in [-0.39, 0.29) is 10.5 Å². The van der Waals surface area contributed by atoms with Crippen LogP contribution in [0.25, 0.3) is 0 Å². The van der Waals surface area contributed by atoms with E-state index < -0.39 is 0 Å². The van der Waals surface area contributed by atoms with Gasteiger partial charge in [-0.2, -0.15) is 0 Å². The van der Waals surface area contributed by atoms with Gasteiger partial charge in [0.15, 0.2) is 0 Å². The fourth-order valence-corrected chi connectivity index (χ4v) is 1.16. The van der Waals surface area contributed by atoms with Gasteiger partial charge in [0.25, 0.3) is 0 Å². The second-order valence-electron chi connectivity index (χ2n) is 2.55. The molecule has 0 bridgehead atoms. The van der Waals surface area contributed by atoms with Gasteiger partial charge in [-0.15, -0.1) is 0 Å². The molecule has 0 fully saturated rings. The van der Waals surface area contributed by atoms with Crippen LogP contribution in [0.3, 0.4) is 0 Å². The normalized spacial score (nSPS) is 10.2. The largest absolute Gasteiger partial charge is 0.366 e. The maximum atomic E-state index is 11.3. The van der Waals surface area contributed by atoms with Crippen LogP contribution in [-0.4, -0.2) is 11.5 Å². The highest BCUT2D eigenvalue weighted by Gasteiger charge is 2.01. The molecule has 0 unspecified atom stereocenters. The molecule has 0 spiro atoms. The molecular weight excluding hydrogens is 176 g/mol. The summed E-state index contributed by atoms with van der Waals surface area (Å²) in [5, 5.41) is 0.240. The van der Waals surface area contributed by atoms with Gasteiger partial charge in [-0.25, -0.2) is 0 Å². The standard InChI is InChI=1S/C8H11ClN2O/c9-7-5-11-4-6(8(7)12)2-1-3-10/h4-5H,1-3,10H2,(H,11,12). The predicted molar refractivity (Wildman–Crippen MR) is 49.4 cm³/mol. The highest BCUT2D eigenvalue weighted by molar-refractivity contribution is 6.30. The number of aromatic amines is 1. The molecule has 3 nitrogen and oxygen atoms in total. The Morgan fingerprint density at radius 1 is 1.50 bits per heavy atom. The van der Waals surface area contributed by atoms with Crippen molar-refractivity contribution < 1.29 is 0 Å². The summed E-state index contributed by atoms with van der Waals surface area (Å²) in [4.78, 5) is 14.1. The van der Waals surface area contributed by atoms with Crippen molar-refractivity contribution in [3.05, 3.63) is 33.2 Å². The Hall–Kier alpha value is -0.800. The quantitative estimate of drug-likeness (QED) is 0.738. The highest BCUT2D eigenvalue weighted by Crippen LogP contribution is 2.01. The van der Waals surface area contributed by atoms with Crippen molar-refractivity contribution in [2.75, 3.05) is 6.54 Å². The summed E-state index contributed by atoms with van der Waals surface area (Å²) < 4.78 is 0. The number of halogens is 1. The minimum atomic E-state index is -0.0936. The van der Waals surface area contributed by atoms with Gasteiger partial charge in [-0.1, -0.05) is 11.6 Å². The third kappa shape index (κ3) is 2.09. The molecule has 0 amide bonds. The summed E-state index contributed by atoms with van der Waals surface area (Å²) in [6.07, 6.45) is 4.65. The Bertz CT molecular complexity index is 308. The molecule has 3 N–H and O–H groups in total. The average Bonchev–Trinajstić information content (AvgIpc) is 2.08. The van der Waals surface area contributed by atoms with E-state index in [0.717, 1.165) is 6.42 Å². The minimum absolute atomic E-state index is 0.0936. The van der Waals surface area contributed by atoms with Crippen molar-refractivity contribution in [3.8, 4) is 0 Å². The Morgan fingerprint density at radius 2 is 2.25 bits per heavy atom. The summed E-state index contributed by atoms with van der Waals surface area (Å²) >= 11 is 5.62. The van der Waals surface area contributed by atoms with Crippen molar-refractivity contribution in [2.24, 2.45) is 5.73 Å². The van der Waals surface area contributed by atoms with Gasteiger partial charge in [-0.3, -0.25) is 4.79 Å². The zero-order chi connectivity index (χ0) is 8.97. The molecule has 0 atom stereocenters. The molecule has 12 heavy (non-hydrogen) atoms. The SMILES string of the molecule is NCCCc1c[nH]cc(Cl)c1=O. The van der Waals surface area contributed by atoms with E-state index in [1.165, 1.54) is 6.20 Å². The van der Waals surface area contributed by atoms with E-state index in [2.05, 4.69) is 4.98 Å². The summed E-state index contributed by atoms with van der Waals surface area (Å²) in [5.74, 6) is 0. The molecule has 0 aliphatic carbocycles. The lowest BCUT2D eigenvalue weighted by molar-refractivity contribution is 0.824. The van der Waals surface area contributed by atoms with E-state index in [0.29, 0.717) is 18.5 Å². The molecule has 0 aliphatic rings. The Kier molecular flexibility index (Phi) is 3.31. The molecule has 1 rings (SSSR count). The molecule has 1 aromatic rings. The van der Waals surface area contributed by atoms with Crippen LogP contribution in [0.15, 0.2) is 17.2 Å². The first kappa shape index (κ1) is 9.29. The third-order valence-electron chi connectivity index (χ3n) is 1.63. The maximum absolute atomic E-state index is 11.3. The molecular formula is C8H11ClN2O. The summed E-state index contributed by atoms with van der Waals surface area (Å²) in [6.45, 7) is 0.589. The van der Waals surface area contributed by atoms with E-state index in [1.54, 1.807) is 6.20 Å². The number of nitrogens with two attached hydrogens (primary N) is 1. The Morgan fingerprint density at radius 3 is 2.92 bits per heavy atom. The first-order chi connectivity index (χ1) is 5.75. The van der Waals surface area contributed by atoms with Crippen LogP contribution in [0.4, 0.5) is 0 Å². The molecule has 0 aliphatic heterocycles. The fourth-order valence-electron chi connectivity index (χ4n) is 0.978. The number of hydrogen-bond acceptors (Lipinski definition) is 2. The number of nitrogens with one attached hydrogen (secondary N) is 1. The molecule has 0 radical (unpaired) electrons. The van der Waals surface area contributed by atoms with Gasteiger partial charge in [-0.05, 0) is 19.4 Å². The second-order valence-corrected chi connectivity index (χ2v) is 2.96. The van der Waals surface area contributed by atoms with Crippen molar-refractivity contribution in [1.82, 2.24) is 4.98 Å². The number of aromatic nitrogens is 1. The van der Waals surface area contributed by atoms with Crippen LogP contribution in [0.5, 0.6) is 0 Å². The molecule has 0 aromatic carbocycles. The van der Waals surface area contributed by atoms with Gasteiger partial charge in [0, 0.05) is 18.0 Å². The van der Waals surface area contributed by atoms with Gasteiger partial charge in [0.2, 0.25) is 5.43 Å². The lowest BCUT2D eigenvalue weighted by Gasteiger charge is -1.98. The number of aryl methyl sites for hydroxylation is 1. The number of pyridine rings is 1. The van der Waals surface area contributed by atoms with E-state index in [4.69, 9.17) is 17.3 Å². The van der Waals surface area contributed by atoms with Gasteiger partial charge >= 0.3 is 0 Å². The molecule has 1 heterocycles. The Balaban J connectivity index is 2.85. The van der Waals surface area contributed by atoms with E-state index in [9.17, 15) is 4.79 Å². The van der Waals surface area contributed by atoms with Crippen LogP contribution in [0.1, 0.15) is 12.0 Å². The van der Waals surface area contributed by atoms with Crippen molar-refractivity contribution in [1.29, 1.82) is 0 Å². The number of rotatable bonds is 3. The molecule has 0 saturated carbocycles. The van der Waals surface area contributed by atoms with Gasteiger partial charge in [0.05, 0.1) is 0 Å². The van der Waals surface area contributed by atoms with E-state index >= 15 is 0 Å². The molecule has 0 saturated heterocycles. The molecule has 4 heteroatoms. The molecule has 66 valence electrons. The van der Waals surface area contributed by atoms with Crippen LogP contribution < -0.4 is 11.2 Å². The van der Waals surface area contributed by atoms with Crippen LogP contribution >= 0.6 is 11.6 Å². The number of hydrogen-bond donors (Lipinski definition) is 2.